The molecule has 0 aromatic heterocycles. The fraction of sp³-hybridized carbons (Fsp3) is 0.667. The molecule has 1 heterocycles. The first-order valence-corrected chi connectivity index (χ1v) is 5.09. The van der Waals surface area contributed by atoms with E-state index in [2.05, 4.69) is 58.2 Å². The van der Waals surface area contributed by atoms with Gasteiger partial charge in [-0.25, -0.2) is 0 Å². The van der Waals surface area contributed by atoms with E-state index >= 15 is 0 Å². The standard InChI is InChI=1S/C12H22N2/c1-9-11(12(3,4)5)8-13(6)10(2)14(9)7/h2,8H2,1,3-7H3. The predicted molar refractivity (Wildman–Crippen MR) is 61.7 cm³/mol. The summed E-state index contributed by atoms with van der Waals surface area (Å²) in [5.41, 5.74) is 3.09. The van der Waals surface area contributed by atoms with E-state index in [1.807, 2.05) is 0 Å². The van der Waals surface area contributed by atoms with Crippen LogP contribution < -0.4 is 0 Å². The molecule has 0 amide bonds. The van der Waals surface area contributed by atoms with Crippen molar-refractivity contribution in [3.63, 3.8) is 0 Å². The molecule has 0 atom stereocenters. The van der Waals surface area contributed by atoms with Crippen LogP contribution in [0.4, 0.5) is 0 Å². The Balaban J connectivity index is 3.12. The lowest BCUT2D eigenvalue weighted by Crippen LogP contribution is -2.39. The second kappa shape index (κ2) is 3.34. The Morgan fingerprint density at radius 3 is 2.14 bits per heavy atom. The number of allylic oxidation sites excluding steroid dienone is 1. The Hall–Kier alpha value is -0.920. The van der Waals surface area contributed by atoms with Crippen LogP contribution in [0.2, 0.25) is 0 Å². The molecule has 0 spiro atoms. The number of nitrogens with zero attached hydrogens (tertiary/aromatic N) is 2. The van der Waals surface area contributed by atoms with Gasteiger partial charge in [-0.1, -0.05) is 27.4 Å². The lowest BCUT2D eigenvalue weighted by atomic mass is 9.84. The van der Waals surface area contributed by atoms with Gasteiger partial charge in [-0.3, -0.25) is 0 Å². The molecule has 2 heteroatoms. The van der Waals surface area contributed by atoms with Crippen LogP contribution in [-0.2, 0) is 0 Å². The van der Waals surface area contributed by atoms with E-state index in [0.717, 1.165) is 12.4 Å². The number of likely N-dealkylation sites (N-methyl/N-ethyl adjacent to an activating group) is 1. The maximum absolute atomic E-state index is 4.06. The van der Waals surface area contributed by atoms with E-state index in [1.165, 1.54) is 11.3 Å². The van der Waals surface area contributed by atoms with Crippen molar-refractivity contribution in [1.29, 1.82) is 0 Å². The molecule has 0 unspecified atom stereocenters. The predicted octanol–water partition coefficient (Wildman–Crippen LogP) is 2.65. The Labute approximate surface area is 87.9 Å². The highest BCUT2D eigenvalue weighted by Crippen LogP contribution is 2.34. The third-order valence-corrected chi connectivity index (χ3v) is 3.07. The smallest absolute Gasteiger partial charge is 0.100 e. The van der Waals surface area contributed by atoms with Crippen LogP contribution in [0.3, 0.4) is 0 Å². The zero-order valence-electron chi connectivity index (χ0n) is 10.3. The summed E-state index contributed by atoms with van der Waals surface area (Å²) in [5, 5.41) is 0. The third-order valence-electron chi connectivity index (χ3n) is 3.07. The number of hydrogen-bond acceptors (Lipinski definition) is 2. The third kappa shape index (κ3) is 1.79. The Morgan fingerprint density at radius 1 is 1.21 bits per heavy atom. The summed E-state index contributed by atoms with van der Waals surface area (Å²) in [4.78, 5) is 4.37. The van der Waals surface area contributed by atoms with Gasteiger partial charge in [-0.2, -0.15) is 0 Å². The molecule has 2 nitrogen and oxygen atoms in total. The molecule has 1 rings (SSSR count). The first-order chi connectivity index (χ1) is 6.25. The molecule has 0 aromatic carbocycles. The molecule has 0 bridgehead atoms. The number of rotatable bonds is 0. The lowest BCUT2D eigenvalue weighted by molar-refractivity contribution is 0.264. The summed E-state index contributed by atoms with van der Waals surface area (Å²) in [6, 6.07) is 0. The second-order valence-electron chi connectivity index (χ2n) is 5.15. The highest BCUT2D eigenvalue weighted by atomic mass is 15.3. The van der Waals surface area contributed by atoms with Gasteiger partial charge in [0.15, 0.2) is 0 Å². The van der Waals surface area contributed by atoms with Gasteiger partial charge in [0.25, 0.3) is 0 Å². The van der Waals surface area contributed by atoms with Gasteiger partial charge in [-0.15, -0.1) is 0 Å². The van der Waals surface area contributed by atoms with E-state index in [9.17, 15) is 0 Å². The van der Waals surface area contributed by atoms with Crippen molar-refractivity contribution in [3.8, 4) is 0 Å². The highest BCUT2D eigenvalue weighted by molar-refractivity contribution is 5.26. The highest BCUT2D eigenvalue weighted by Gasteiger charge is 2.27. The van der Waals surface area contributed by atoms with Crippen LogP contribution in [0, 0.1) is 5.41 Å². The summed E-state index contributed by atoms with van der Waals surface area (Å²) in [6.45, 7) is 14.0. The van der Waals surface area contributed by atoms with Crippen molar-refractivity contribution in [3.05, 3.63) is 23.7 Å². The van der Waals surface area contributed by atoms with Gasteiger partial charge in [0.2, 0.25) is 0 Å². The van der Waals surface area contributed by atoms with E-state index in [4.69, 9.17) is 0 Å². The van der Waals surface area contributed by atoms with E-state index < -0.39 is 0 Å². The normalized spacial score (nSPS) is 19.4. The van der Waals surface area contributed by atoms with Crippen molar-refractivity contribution in [2.75, 3.05) is 20.6 Å². The Kier molecular flexibility index (Phi) is 2.66. The van der Waals surface area contributed by atoms with Crippen molar-refractivity contribution < 1.29 is 0 Å². The van der Waals surface area contributed by atoms with Crippen LogP contribution in [0.15, 0.2) is 23.7 Å². The van der Waals surface area contributed by atoms with Gasteiger partial charge >= 0.3 is 0 Å². The quantitative estimate of drug-likeness (QED) is 0.585. The maximum atomic E-state index is 4.06. The molecule has 0 fully saturated rings. The molecule has 0 saturated heterocycles. The molecule has 0 saturated carbocycles. The van der Waals surface area contributed by atoms with Crippen LogP contribution in [0.5, 0.6) is 0 Å². The molecule has 0 radical (unpaired) electrons. The minimum absolute atomic E-state index is 0.243. The fourth-order valence-corrected chi connectivity index (χ4v) is 1.87. The number of hydrogen-bond donors (Lipinski definition) is 0. The van der Waals surface area contributed by atoms with Crippen LogP contribution in [-0.4, -0.2) is 30.4 Å². The monoisotopic (exact) mass is 194 g/mol. The maximum Gasteiger partial charge on any atom is 0.100 e. The summed E-state index contributed by atoms with van der Waals surface area (Å²) in [6.07, 6.45) is 0. The van der Waals surface area contributed by atoms with Crippen LogP contribution in [0.25, 0.3) is 0 Å². The van der Waals surface area contributed by atoms with Crippen molar-refractivity contribution in [2.45, 2.75) is 27.7 Å². The van der Waals surface area contributed by atoms with E-state index in [-0.39, 0.29) is 5.41 Å². The average Bonchev–Trinajstić information content (AvgIpc) is 2.06. The van der Waals surface area contributed by atoms with E-state index in [1.54, 1.807) is 0 Å². The zero-order valence-corrected chi connectivity index (χ0v) is 10.3. The second-order valence-corrected chi connectivity index (χ2v) is 5.15. The van der Waals surface area contributed by atoms with Gasteiger partial charge in [0, 0.05) is 26.3 Å². The minimum Gasteiger partial charge on any atom is -0.357 e. The molecular weight excluding hydrogens is 172 g/mol. The van der Waals surface area contributed by atoms with Crippen LogP contribution >= 0.6 is 0 Å². The zero-order chi connectivity index (χ0) is 11.1. The molecule has 0 aliphatic carbocycles. The molecule has 0 N–H and O–H groups in total. The van der Waals surface area contributed by atoms with Gasteiger partial charge < -0.3 is 9.80 Å². The summed E-state index contributed by atoms with van der Waals surface area (Å²) in [5.74, 6) is 1.08. The van der Waals surface area contributed by atoms with Crippen molar-refractivity contribution in [1.82, 2.24) is 9.80 Å². The largest absolute Gasteiger partial charge is 0.357 e. The molecule has 1 aliphatic rings. The molecule has 14 heavy (non-hydrogen) atoms. The topological polar surface area (TPSA) is 6.48 Å². The van der Waals surface area contributed by atoms with Crippen molar-refractivity contribution >= 4 is 0 Å². The average molecular weight is 194 g/mol. The van der Waals surface area contributed by atoms with Crippen LogP contribution in [0.1, 0.15) is 27.7 Å². The van der Waals surface area contributed by atoms with Gasteiger partial charge in [-0.05, 0) is 17.9 Å². The lowest BCUT2D eigenvalue weighted by Gasteiger charge is -2.41. The molecule has 80 valence electrons. The first kappa shape index (κ1) is 11.2. The fourth-order valence-electron chi connectivity index (χ4n) is 1.87. The molecule has 1 aliphatic heterocycles. The van der Waals surface area contributed by atoms with E-state index in [0.29, 0.717) is 0 Å². The van der Waals surface area contributed by atoms with Gasteiger partial charge in [0.05, 0.1) is 0 Å². The summed E-state index contributed by atoms with van der Waals surface area (Å²) in [7, 11) is 4.18. The molecule has 0 aromatic rings. The Bertz CT molecular complexity index is 281. The van der Waals surface area contributed by atoms with Crippen molar-refractivity contribution in [2.24, 2.45) is 5.41 Å². The summed E-state index contributed by atoms with van der Waals surface area (Å²) >= 11 is 0. The molecular formula is C12H22N2. The summed E-state index contributed by atoms with van der Waals surface area (Å²) < 4.78 is 0. The van der Waals surface area contributed by atoms with Gasteiger partial charge in [0.1, 0.15) is 5.82 Å². The first-order valence-electron chi connectivity index (χ1n) is 5.09. The minimum atomic E-state index is 0.243. The SMILES string of the molecule is C=C1N(C)CC(C(C)(C)C)=C(C)N1C. The Morgan fingerprint density at radius 2 is 1.71 bits per heavy atom.